The number of aryl methyl sites for hydroxylation is 1. The van der Waals surface area contributed by atoms with Crippen molar-refractivity contribution < 1.29 is 19.1 Å². The van der Waals surface area contributed by atoms with Crippen LogP contribution in [0.1, 0.15) is 51.0 Å². The summed E-state index contributed by atoms with van der Waals surface area (Å²) < 4.78 is 4.77. The molecule has 8 heteroatoms. The second kappa shape index (κ2) is 7.93. The van der Waals surface area contributed by atoms with Crippen LogP contribution in [0, 0.1) is 12.3 Å². The number of imidazole rings is 1. The van der Waals surface area contributed by atoms with Gasteiger partial charge >= 0.3 is 5.97 Å². The maximum atomic E-state index is 12.9. The molecular formula is C20H30N4O4. The minimum atomic E-state index is -0.254. The summed E-state index contributed by atoms with van der Waals surface area (Å²) in [6.07, 6.45) is 4.44. The number of aromatic amines is 1. The Morgan fingerprint density at radius 2 is 1.75 bits per heavy atom. The molecule has 0 radical (unpaired) electrons. The summed E-state index contributed by atoms with van der Waals surface area (Å²) in [4.78, 5) is 48.2. The molecule has 1 aliphatic carbocycles. The van der Waals surface area contributed by atoms with Gasteiger partial charge in [-0.2, -0.15) is 0 Å². The van der Waals surface area contributed by atoms with Crippen LogP contribution in [0.4, 0.5) is 0 Å². The molecular weight excluding hydrogens is 360 g/mol. The molecule has 2 unspecified atom stereocenters. The van der Waals surface area contributed by atoms with Crippen LogP contribution >= 0.6 is 0 Å². The van der Waals surface area contributed by atoms with Gasteiger partial charge in [-0.05, 0) is 39.0 Å². The first kappa shape index (κ1) is 20.4. The highest BCUT2D eigenvalue weighted by Gasteiger charge is 2.48. The molecule has 1 aromatic heterocycles. The monoisotopic (exact) mass is 390 g/mol. The van der Waals surface area contributed by atoms with E-state index in [1.165, 1.54) is 7.11 Å². The van der Waals surface area contributed by atoms with E-state index in [4.69, 9.17) is 4.74 Å². The van der Waals surface area contributed by atoms with E-state index in [1.807, 2.05) is 30.6 Å². The Morgan fingerprint density at radius 3 is 2.25 bits per heavy atom. The number of amides is 2. The molecule has 3 rings (SSSR count). The van der Waals surface area contributed by atoms with Crippen LogP contribution in [0.25, 0.3) is 0 Å². The van der Waals surface area contributed by atoms with E-state index in [0.29, 0.717) is 25.9 Å². The van der Waals surface area contributed by atoms with Crippen molar-refractivity contribution in [1.29, 1.82) is 0 Å². The molecule has 28 heavy (non-hydrogen) atoms. The summed E-state index contributed by atoms with van der Waals surface area (Å²) in [5, 5.41) is 0. The molecule has 154 valence electrons. The van der Waals surface area contributed by atoms with Crippen molar-refractivity contribution in [1.82, 2.24) is 19.8 Å². The van der Waals surface area contributed by atoms with Gasteiger partial charge in [-0.3, -0.25) is 14.4 Å². The first-order valence-corrected chi connectivity index (χ1v) is 9.89. The Kier molecular flexibility index (Phi) is 5.76. The number of H-pyrrole nitrogens is 1. The van der Waals surface area contributed by atoms with Crippen LogP contribution in [0.5, 0.6) is 0 Å². The fraction of sp³-hybridized carbons (Fsp3) is 0.700. The zero-order chi connectivity index (χ0) is 20.5. The number of ether oxygens (including phenoxy) is 1. The summed E-state index contributed by atoms with van der Waals surface area (Å²) >= 11 is 0. The van der Waals surface area contributed by atoms with Crippen LogP contribution in [0.15, 0.2) is 6.20 Å². The van der Waals surface area contributed by atoms with Gasteiger partial charge in [0.05, 0.1) is 20.0 Å². The number of carbonyl (C=O) groups excluding carboxylic acids is 3. The topological polar surface area (TPSA) is 95.6 Å². The van der Waals surface area contributed by atoms with Crippen LogP contribution in [-0.4, -0.2) is 69.8 Å². The third kappa shape index (κ3) is 4.54. The SMILES string of the molecule is COC(=O)CC1(CC(=O)N2CC(C)N(C(=O)Cc3cnc(C)[nH]3)CC2C)CC1. The number of nitrogens with one attached hydrogen (secondary N) is 1. The Balaban J connectivity index is 1.57. The lowest BCUT2D eigenvalue weighted by Gasteiger charge is -2.44. The molecule has 0 aromatic carbocycles. The largest absolute Gasteiger partial charge is 0.469 e. The van der Waals surface area contributed by atoms with Gasteiger partial charge in [0.2, 0.25) is 11.8 Å². The Bertz CT molecular complexity index is 755. The highest BCUT2D eigenvalue weighted by Crippen LogP contribution is 2.52. The molecule has 0 spiro atoms. The second-order valence-electron chi connectivity index (χ2n) is 8.39. The van der Waals surface area contributed by atoms with Crippen molar-refractivity contribution in [3.05, 3.63) is 17.7 Å². The third-order valence-electron chi connectivity index (χ3n) is 5.95. The first-order chi connectivity index (χ1) is 13.2. The van der Waals surface area contributed by atoms with Crippen LogP contribution < -0.4 is 0 Å². The van der Waals surface area contributed by atoms with E-state index in [2.05, 4.69) is 9.97 Å². The van der Waals surface area contributed by atoms with Gasteiger partial charge in [0.1, 0.15) is 5.82 Å². The number of piperazine rings is 1. The van der Waals surface area contributed by atoms with Crippen LogP contribution in [0.3, 0.4) is 0 Å². The average Bonchev–Trinajstić information content (AvgIpc) is 3.26. The Morgan fingerprint density at radius 1 is 1.14 bits per heavy atom. The number of nitrogens with zero attached hydrogens (tertiary/aromatic N) is 3. The van der Waals surface area contributed by atoms with Crippen LogP contribution in [-0.2, 0) is 25.5 Å². The minimum Gasteiger partial charge on any atom is -0.469 e. The summed E-state index contributed by atoms with van der Waals surface area (Å²) in [7, 11) is 1.38. The number of aromatic nitrogens is 2. The molecule has 2 amide bonds. The van der Waals surface area contributed by atoms with Gasteiger partial charge in [0.25, 0.3) is 0 Å². The summed E-state index contributed by atoms with van der Waals surface area (Å²) in [6.45, 7) is 6.84. The smallest absolute Gasteiger partial charge is 0.306 e. The normalized spacial score (nSPS) is 23.4. The van der Waals surface area contributed by atoms with Gasteiger partial charge in [-0.15, -0.1) is 0 Å². The fourth-order valence-corrected chi connectivity index (χ4v) is 4.04. The summed E-state index contributed by atoms with van der Waals surface area (Å²) in [6, 6.07) is -0.0995. The first-order valence-electron chi connectivity index (χ1n) is 9.89. The number of carbonyl (C=O) groups is 3. The van der Waals surface area contributed by atoms with E-state index in [1.54, 1.807) is 6.20 Å². The van der Waals surface area contributed by atoms with Crippen molar-refractivity contribution in [2.45, 2.75) is 65.0 Å². The number of methoxy groups -OCH3 is 1. The maximum absolute atomic E-state index is 12.9. The van der Waals surface area contributed by atoms with Crippen molar-refractivity contribution in [3.8, 4) is 0 Å². The summed E-state index contributed by atoms with van der Waals surface area (Å²) in [5.41, 5.74) is 0.581. The average molecular weight is 390 g/mol. The molecule has 1 saturated heterocycles. The van der Waals surface area contributed by atoms with Crippen molar-refractivity contribution in [2.75, 3.05) is 20.2 Å². The van der Waals surface area contributed by atoms with E-state index >= 15 is 0 Å². The van der Waals surface area contributed by atoms with Gasteiger partial charge < -0.3 is 19.5 Å². The number of hydrogen-bond donors (Lipinski definition) is 1. The lowest BCUT2D eigenvalue weighted by Crippen LogP contribution is -2.60. The molecule has 2 fully saturated rings. The zero-order valence-corrected chi connectivity index (χ0v) is 17.2. The Labute approximate surface area is 165 Å². The van der Waals surface area contributed by atoms with Crippen molar-refractivity contribution >= 4 is 17.8 Å². The zero-order valence-electron chi connectivity index (χ0n) is 17.2. The number of esters is 1. The van der Waals surface area contributed by atoms with Gasteiger partial charge in [0.15, 0.2) is 0 Å². The van der Waals surface area contributed by atoms with E-state index in [0.717, 1.165) is 24.4 Å². The molecule has 1 saturated carbocycles. The molecule has 2 aliphatic rings. The van der Waals surface area contributed by atoms with Crippen molar-refractivity contribution in [2.24, 2.45) is 5.41 Å². The van der Waals surface area contributed by atoms with Gasteiger partial charge in [0, 0.05) is 43.5 Å². The molecule has 1 N–H and O–H groups in total. The van der Waals surface area contributed by atoms with Crippen molar-refractivity contribution in [3.63, 3.8) is 0 Å². The highest BCUT2D eigenvalue weighted by atomic mass is 16.5. The third-order valence-corrected chi connectivity index (χ3v) is 5.95. The van der Waals surface area contributed by atoms with E-state index in [9.17, 15) is 14.4 Å². The molecule has 1 aliphatic heterocycles. The molecule has 0 bridgehead atoms. The fourth-order valence-electron chi connectivity index (χ4n) is 4.04. The van der Waals surface area contributed by atoms with Gasteiger partial charge in [-0.1, -0.05) is 0 Å². The summed E-state index contributed by atoms with van der Waals surface area (Å²) in [5.74, 6) is 0.647. The lowest BCUT2D eigenvalue weighted by molar-refractivity contribution is -0.147. The standard InChI is InChI=1S/C20H30N4O4/c1-13-12-24(18(26)8-20(5-6-20)9-19(27)28-4)14(2)11-23(13)17(25)7-16-10-21-15(3)22-16/h10,13-14H,5-9,11-12H2,1-4H3,(H,21,22). The quantitative estimate of drug-likeness (QED) is 0.742. The molecule has 2 atom stereocenters. The Hall–Kier alpha value is -2.38. The lowest BCUT2D eigenvalue weighted by atomic mass is 9.96. The van der Waals surface area contributed by atoms with Gasteiger partial charge in [-0.25, -0.2) is 4.98 Å². The van der Waals surface area contributed by atoms with Crippen LogP contribution in [0.2, 0.25) is 0 Å². The highest BCUT2D eigenvalue weighted by molar-refractivity contribution is 5.81. The predicted molar refractivity (Wildman–Crippen MR) is 102 cm³/mol. The van der Waals surface area contributed by atoms with E-state index in [-0.39, 0.29) is 41.7 Å². The number of rotatable bonds is 6. The van der Waals surface area contributed by atoms with E-state index < -0.39 is 0 Å². The number of hydrogen-bond acceptors (Lipinski definition) is 5. The second-order valence-corrected chi connectivity index (χ2v) is 8.39. The molecule has 2 heterocycles. The predicted octanol–water partition coefficient (Wildman–Crippen LogP) is 1.44. The minimum absolute atomic E-state index is 0.0412. The molecule has 1 aromatic rings. The molecule has 8 nitrogen and oxygen atoms in total. The maximum Gasteiger partial charge on any atom is 0.306 e.